The third-order valence-corrected chi connectivity index (χ3v) is 5.77. The van der Waals surface area contributed by atoms with E-state index in [1.54, 1.807) is 4.90 Å². The highest BCUT2D eigenvalue weighted by Crippen LogP contribution is 2.41. The van der Waals surface area contributed by atoms with Gasteiger partial charge in [0, 0.05) is 19.4 Å². The number of hydrogen-bond donors (Lipinski definition) is 2. The Morgan fingerprint density at radius 2 is 1.93 bits per heavy atom. The van der Waals surface area contributed by atoms with Gasteiger partial charge in [0.1, 0.15) is 0 Å². The average molecular weight is 386 g/mol. The standard InChI is InChI=1S/C22H31N3O3/c1-15(27)25-19(12-23-21(28)13-24(2)3)22(20(25)14-26)18-10-8-17(9-11-18)16-6-4-5-7-16/h6,8-11,19-20,22,26H,4-5,7,12-14H2,1-3H3,(H,23,28)/t19-,20-,22-/m0/s1. The molecule has 6 heteroatoms. The number of aliphatic hydroxyl groups excluding tert-OH is 1. The predicted octanol–water partition coefficient (Wildman–Crippen LogP) is 1.61. The summed E-state index contributed by atoms with van der Waals surface area (Å²) in [7, 11) is 3.69. The van der Waals surface area contributed by atoms with Gasteiger partial charge in [0.15, 0.2) is 0 Å². The molecule has 2 amide bonds. The van der Waals surface area contributed by atoms with Crippen LogP contribution in [0.15, 0.2) is 30.3 Å². The first-order chi connectivity index (χ1) is 13.4. The van der Waals surface area contributed by atoms with Gasteiger partial charge in [-0.2, -0.15) is 0 Å². The minimum atomic E-state index is -0.246. The lowest BCUT2D eigenvalue weighted by molar-refractivity contribution is -0.148. The number of benzene rings is 1. The second kappa shape index (κ2) is 8.88. The maximum absolute atomic E-state index is 12.1. The van der Waals surface area contributed by atoms with Gasteiger partial charge in [-0.1, -0.05) is 30.3 Å². The van der Waals surface area contributed by atoms with Crippen LogP contribution in [0.25, 0.3) is 5.57 Å². The van der Waals surface area contributed by atoms with Gasteiger partial charge in [-0.25, -0.2) is 0 Å². The van der Waals surface area contributed by atoms with Crippen LogP contribution >= 0.6 is 0 Å². The van der Waals surface area contributed by atoms with Gasteiger partial charge < -0.3 is 20.2 Å². The van der Waals surface area contributed by atoms with Gasteiger partial charge in [0.05, 0.1) is 25.2 Å². The van der Waals surface area contributed by atoms with Crippen LogP contribution in [0.2, 0.25) is 0 Å². The summed E-state index contributed by atoms with van der Waals surface area (Å²) in [6.07, 6.45) is 5.79. The number of likely N-dealkylation sites (tertiary alicyclic amines) is 1. The van der Waals surface area contributed by atoms with Gasteiger partial charge in [0.25, 0.3) is 0 Å². The predicted molar refractivity (Wildman–Crippen MR) is 110 cm³/mol. The Hall–Kier alpha value is -2.18. The van der Waals surface area contributed by atoms with Crippen molar-refractivity contribution in [3.05, 3.63) is 41.5 Å². The number of allylic oxidation sites excluding steroid dienone is 2. The van der Waals surface area contributed by atoms with Crippen molar-refractivity contribution < 1.29 is 14.7 Å². The van der Waals surface area contributed by atoms with Crippen LogP contribution in [-0.4, -0.2) is 72.6 Å². The molecule has 3 atom stereocenters. The summed E-state index contributed by atoms with van der Waals surface area (Å²) < 4.78 is 0. The van der Waals surface area contributed by atoms with E-state index in [1.807, 2.05) is 19.0 Å². The Labute approximate surface area is 167 Å². The van der Waals surface area contributed by atoms with E-state index in [0.29, 0.717) is 13.1 Å². The van der Waals surface area contributed by atoms with Crippen molar-refractivity contribution in [2.75, 3.05) is 33.8 Å². The van der Waals surface area contributed by atoms with Crippen LogP contribution in [0.1, 0.15) is 43.2 Å². The fourth-order valence-corrected chi connectivity index (χ4v) is 4.50. The van der Waals surface area contributed by atoms with Gasteiger partial charge in [-0.15, -0.1) is 0 Å². The molecule has 0 radical (unpaired) electrons. The molecule has 0 unspecified atom stereocenters. The van der Waals surface area contributed by atoms with Crippen LogP contribution in [-0.2, 0) is 9.59 Å². The van der Waals surface area contributed by atoms with Gasteiger partial charge in [0.2, 0.25) is 11.8 Å². The van der Waals surface area contributed by atoms with E-state index in [0.717, 1.165) is 18.4 Å². The van der Waals surface area contributed by atoms with E-state index >= 15 is 0 Å². The molecule has 1 aromatic carbocycles. The maximum atomic E-state index is 12.1. The molecule has 0 saturated carbocycles. The zero-order chi connectivity index (χ0) is 20.3. The molecule has 28 heavy (non-hydrogen) atoms. The smallest absolute Gasteiger partial charge is 0.234 e. The minimum Gasteiger partial charge on any atom is -0.394 e. The molecule has 0 spiro atoms. The largest absolute Gasteiger partial charge is 0.394 e. The number of likely N-dealkylation sites (N-methyl/N-ethyl adjacent to an activating group) is 1. The van der Waals surface area contributed by atoms with Crippen LogP contribution in [0.5, 0.6) is 0 Å². The lowest BCUT2D eigenvalue weighted by atomic mass is 9.74. The van der Waals surface area contributed by atoms with Crippen molar-refractivity contribution >= 4 is 17.4 Å². The number of hydrogen-bond acceptors (Lipinski definition) is 4. The molecular formula is C22H31N3O3. The second-order valence-electron chi connectivity index (χ2n) is 8.05. The SMILES string of the molecule is CC(=O)N1[C@@H](CO)[C@@H](c2ccc(C3=CCCC3)cc2)[C@@H]1CNC(=O)CN(C)C. The van der Waals surface area contributed by atoms with Crippen LogP contribution in [0.3, 0.4) is 0 Å². The van der Waals surface area contributed by atoms with Crippen LogP contribution < -0.4 is 5.32 Å². The van der Waals surface area contributed by atoms with E-state index in [2.05, 4.69) is 35.7 Å². The molecule has 6 nitrogen and oxygen atoms in total. The molecule has 1 saturated heterocycles. The summed E-state index contributed by atoms with van der Waals surface area (Å²) >= 11 is 0. The first-order valence-electron chi connectivity index (χ1n) is 10.0. The van der Waals surface area contributed by atoms with Gasteiger partial charge in [-0.3, -0.25) is 9.59 Å². The summed E-state index contributed by atoms with van der Waals surface area (Å²) in [6, 6.07) is 8.10. The molecule has 2 aliphatic rings. The maximum Gasteiger partial charge on any atom is 0.234 e. The molecule has 1 aliphatic heterocycles. The van der Waals surface area contributed by atoms with Gasteiger partial charge >= 0.3 is 0 Å². The summed E-state index contributed by atoms with van der Waals surface area (Å²) in [6.45, 7) is 2.13. The Morgan fingerprint density at radius 3 is 2.46 bits per heavy atom. The monoisotopic (exact) mass is 385 g/mol. The van der Waals surface area contributed by atoms with E-state index in [-0.39, 0.29) is 36.4 Å². The lowest BCUT2D eigenvalue weighted by Gasteiger charge is -2.54. The Balaban J connectivity index is 1.75. The molecule has 0 bridgehead atoms. The van der Waals surface area contributed by atoms with Crippen LogP contribution in [0.4, 0.5) is 0 Å². The molecule has 1 aliphatic carbocycles. The first-order valence-corrected chi connectivity index (χ1v) is 10.0. The number of aliphatic hydroxyl groups is 1. The highest BCUT2D eigenvalue weighted by Gasteiger charge is 2.49. The van der Waals surface area contributed by atoms with Crippen molar-refractivity contribution in [2.45, 2.75) is 44.2 Å². The normalized spacial score (nSPS) is 24.1. The van der Waals surface area contributed by atoms with Crippen LogP contribution in [0, 0.1) is 0 Å². The van der Waals surface area contributed by atoms with Crippen molar-refractivity contribution in [3.63, 3.8) is 0 Å². The summed E-state index contributed by atoms with van der Waals surface area (Å²) in [5.74, 6) is -0.127. The quantitative estimate of drug-likeness (QED) is 0.748. The van der Waals surface area contributed by atoms with E-state index in [9.17, 15) is 14.7 Å². The van der Waals surface area contributed by atoms with E-state index in [1.165, 1.54) is 24.5 Å². The second-order valence-corrected chi connectivity index (χ2v) is 8.05. The van der Waals surface area contributed by atoms with E-state index in [4.69, 9.17) is 0 Å². The number of carbonyl (C=O) groups is 2. The number of nitrogens with one attached hydrogen (secondary N) is 1. The highest BCUT2D eigenvalue weighted by atomic mass is 16.3. The first kappa shape index (κ1) is 20.6. The number of carbonyl (C=O) groups excluding carboxylic acids is 2. The molecule has 0 aromatic heterocycles. The zero-order valence-corrected chi connectivity index (χ0v) is 17.0. The number of amides is 2. The van der Waals surface area contributed by atoms with Crippen molar-refractivity contribution in [1.82, 2.24) is 15.1 Å². The molecule has 1 aromatic rings. The lowest BCUT2D eigenvalue weighted by Crippen LogP contribution is -2.68. The molecule has 2 N–H and O–H groups in total. The van der Waals surface area contributed by atoms with Crippen molar-refractivity contribution in [2.24, 2.45) is 0 Å². The Morgan fingerprint density at radius 1 is 1.21 bits per heavy atom. The topological polar surface area (TPSA) is 72.9 Å². The van der Waals surface area contributed by atoms with E-state index < -0.39 is 0 Å². The van der Waals surface area contributed by atoms with Gasteiger partial charge in [-0.05, 0) is 50.1 Å². The highest BCUT2D eigenvalue weighted by molar-refractivity contribution is 5.79. The Bertz CT molecular complexity index is 742. The van der Waals surface area contributed by atoms with Crippen molar-refractivity contribution in [3.8, 4) is 0 Å². The summed E-state index contributed by atoms with van der Waals surface area (Å²) in [4.78, 5) is 27.7. The third-order valence-electron chi connectivity index (χ3n) is 5.77. The molecule has 152 valence electrons. The average Bonchev–Trinajstić information content (AvgIpc) is 3.15. The molecule has 1 fully saturated rings. The molecule has 1 heterocycles. The fraction of sp³-hybridized carbons (Fsp3) is 0.545. The number of rotatable bonds is 7. The molecule has 3 rings (SSSR count). The summed E-state index contributed by atoms with van der Waals surface area (Å²) in [5.41, 5.74) is 3.75. The number of nitrogens with zero attached hydrogens (tertiary/aromatic N) is 2. The zero-order valence-electron chi connectivity index (χ0n) is 17.0. The Kier molecular flexibility index (Phi) is 6.52. The third kappa shape index (κ3) is 4.28. The summed E-state index contributed by atoms with van der Waals surface area (Å²) in [5, 5.41) is 12.8. The van der Waals surface area contributed by atoms with Crippen molar-refractivity contribution in [1.29, 1.82) is 0 Å². The fourth-order valence-electron chi connectivity index (χ4n) is 4.50. The minimum absolute atomic E-state index is 0.0140. The molecular weight excluding hydrogens is 354 g/mol.